The van der Waals surface area contributed by atoms with Crippen molar-refractivity contribution in [1.29, 1.82) is 0 Å². The van der Waals surface area contributed by atoms with Crippen molar-refractivity contribution in [1.82, 2.24) is 9.97 Å². The van der Waals surface area contributed by atoms with Gasteiger partial charge < -0.3 is 9.64 Å². The third-order valence-electron chi connectivity index (χ3n) is 5.21. The Hall–Kier alpha value is -2.10. The summed E-state index contributed by atoms with van der Waals surface area (Å²) in [4.78, 5) is 11.7. The Morgan fingerprint density at radius 2 is 2.04 bits per heavy atom. The molecule has 0 bridgehead atoms. The van der Waals surface area contributed by atoms with E-state index in [0.717, 1.165) is 25.1 Å². The predicted molar refractivity (Wildman–Crippen MR) is 91.2 cm³/mol. The molecule has 1 aliphatic carbocycles. The van der Waals surface area contributed by atoms with Gasteiger partial charge in [-0.25, -0.2) is 4.98 Å². The number of anilines is 1. The van der Waals surface area contributed by atoms with Crippen molar-refractivity contribution in [2.24, 2.45) is 0 Å². The second-order valence-electron chi connectivity index (χ2n) is 6.54. The molecule has 0 saturated heterocycles. The van der Waals surface area contributed by atoms with E-state index in [-0.39, 0.29) is 0 Å². The van der Waals surface area contributed by atoms with Gasteiger partial charge >= 0.3 is 6.01 Å². The van der Waals surface area contributed by atoms with Gasteiger partial charge in [-0.2, -0.15) is 4.98 Å². The molecule has 1 aliphatic heterocycles. The quantitative estimate of drug-likeness (QED) is 0.854. The fraction of sp³-hybridized carbons (Fsp3) is 0.474. The Kier molecular flexibility index (Phi) is 3.68. The van der Waals surface area contributed by atoms with Crippen LogP contribution >= 0.6 is 0 Å². The second-order valence-corrected chi connectivity index (χ2v) is 6.54. The Bertz CT molecular complexity index is 729. The van der Waals surface area contributed by atoms with Crippen molar-refractivity contribution in [2.45, 2.75) is 45.1 Å². The maximum Gasteiger partial charge on any atom is 0.316 e. The van der Waals surface area contributed by atoms with Crippen LogP contribution in [0.3, 0.4) is 0 Å². The second kappa shape index (κ2) is 5.84. The summed E-state index contributed by atoms with van der Waals surface area (Å²) in [5.74, 6) is 0. The van der Waals surface area contributed by atoms with Crippen LogP contribution in [-0.2, 0) is 19.3 Å². The lowest BCUT2D eigenvalue weighted by atomic mass is 9.88. The maximum absolute atomic E-state index is 5.26. The van der Waals surface area contributed by atoms with E-state index in [9.17, 15) is 0 Å². The lowest BCUT2D eigenvalue weighted by molar-refractivity contribution is 0.372. The number of hydrogen-bond acceptors (Lipinski definition) is 4. The van der Waals surface area contributed by atoms with Gasteiger partial charge in [-0.3, -0.25) is 0 Å². The highest BCUT2D eigenvalue weighted by Gasteiger charge is 2.29. The molecule has 4 heteroatoms. The Morgan fingerprint density at radius 3 is 2.91 bits per heavy atom. The number of ether oxygens (including phenoxy) is 1. The molecule has 0 radical (unpaired) electrons. The van der Waals surface area contributed by atoms with E-state index in [4.69, 9.17) is 4.74 Å². The molecule has 0 fully saturated rings. The van der Waals surface area contributed by atoms with E-state index in [1.54, 1.807) is 7.11 Å². The molecule has 2 heterocycles. The Labute approximate surface area is 137 Å². The molecule has 1 aromatic carbocycles. The van der Waals surface area contributed by atoms with Gasteiger partial charge in [0.2, 0.25) is 0 Å². The normalized spacial score (nSPS) is 19.9. The molecular formula is C19H23N3O. The number of benzene rings is 1. The average molecular weight is 309 g/mol. The number of nitrogens with zero attached hydrogens (tertiary/aromatic N) is 3. The zero-order valence-corrected chi connectivity index (χ0v) is 13.9. The van der Waals surface area contributed by atoms with Gasteiger partial charge in [0, 0.05) is 30.4 Å². The Morgan fingerprint density at radius 1 is 1.17 bits per heavy atom. The standard InChI is InChI=1S/C19H23N3O/c1-13-16-10-9-15(12-17(16)21-19(20-13)23-2)22-11-5-7-14-6-3-4-8-18(14)22/h3-4,6,8,15H,5,7,9-12H2,1-2H3. The van der Waals surface area contributed by atoms with Crippen LogP contribution in [0.2, 0.25) is 0 Å². The van der Waals surface area contributed by atoms with E-state index < -0.39 is 0 Å². The van der Waals surface area contributed by atoms with Crippen molar-refractivity contribution in [2.75, 3.05) is 18.6 Å². The predicted octanol–water partition coefficient (Wildman–Crippen LogP) is 3.10. The number of aryl methyl sites for hydroxylation is 2. The minimum Gasteiger partial charge on any atom is -0.467 e. The monoisotopic (exact) mass is 309 g/mol. The van der Waals surface area contributed by atoms with Gasteiger partial charge in [0.05, 0.1) is 12.8 Å². The summed E-state index contributed by atoms with van der Waals surface area (Å²) in [5, 5.41) is 0. The van der Waals surface area contributed by atoms with Gasteiger partial charge in [-0.05, 0) is 49.8 Å². The SMILES string of the molecule is COc1nc(C)c2c(n1)CC(N1CCCc3ccccc31)CC2. The molecule has 120 valence electrons. The molecule has 0 spiro atoms. The summed E-state index contributed by atoms with van der Waals surface area (Å²) < 4.78 is 5.26. The van der Waals surface area contributed by atoms with E-state index in [1.165, 1.54) is 41.8 Å². The lowest BCUT2D eigenvalue weighted by Crippen LogP contribution is -2.42. The average Bonchev–Trinajstić information content (AvgIpc) is 2.60. The highest BCUT2D eigenvalue weighted by molar-refractivity contribution is 5.56. The van der Waals surface area contributed by atoms with Crippen LogP contribution in [0, 0.1) is 6.92 Å². The van der Waals surface area contributed by atoms with Gasteiger partial charge in [0.15, 0.2) is 0 Å². The number of para-hydroxylation sites is 1. The third-order valence-corrected chi connectivity index (χ3v) is 5.21. The molecule has 0 N–H and O–H groups in total. The van der Waals surface area contributed by atoms with Crippen LogP contribution in [-0.4, -0.2) is 29.7 Å². The van der Waals surface area contributed by atoms with Crippen molar-refractivity contribution < 1.29 is 4.74 Å². The fourth-order valence-electron chi connectivity index (χ4n) is 4.06. The van der Waals surface area contributed by atoms with Crippen LogP contribution in [0.1, 0.15) is 35.4 Å². The van der Waals surface area contributed by atoms with Crippen LogP contribution in [0.5, 0.6) is 6.01 Å². The first-order valence-electron chi connectivity index (χ1n) is 8.51. The summed E-state index contributed by atoms with van der Waals surface area (Å²) in [6.45, 7) is 3.22. The molecule has 4 rings (SSSR count). The van der Waals surface area contributed by atoms with Crippen molar-refractivity contribution in [3.8, 4) is 6.01 Å². The van der Waals surface area contributed by atoms with E-state index in [0.29, 0.717) is 12.1 Å². The summed E-state index contributed by atoms with van der Waals surface area (Å²) in [6.07, 6.45) is 5.67. The smallest absolute Gasteiger partial charge is 0.316 e. The molecule has 0 amide bonds. The van der Waals surface area contributed by atoms with Gasteiger partial charge in [0.1, 0.15) is 0 Å². The highest BCUT2D eigenvalue weighted by atomic mass is 16.5. The molecular weight excluding hydrogens is 286 g/mol. The third kappa shape index (κ3) is 2.56. The van der Waals surface area contributed by atoms with Crippen molar-refractivity contribution >= 4 is 5.69 Å². The number of fused-ring (bicyclic) bond motifs is 2. The number of rotatable bonds is 2. The van der Waals surface area contributed by atoms with Gasteiger partial charge in [0.25, 0.3) is 0 Å². The minimum absolute atomic E-state index is 0.501. The van der Waals surface area contributed by atoms with Gasteiger partial charge in [-0.15, -0.1) is 0 Å². The van der Waals surface area contributed by atoms with E-state index >= 15 is 0 Å². The summed E-state index contributed by atoms with van der Waals surface area (Å²) >= 11 is 0. The first-order valence-corrected chi connectivity index (χ1v) is 8.51. The molecule has 1 unspecified atom stereocenters. The van der Waals surface area contributed by atoms with Crippen LogP contribution in [0.25, 0.3) is 0 Å². The Balaban J connectivity index is 1.65. The molecule has 23 heavy (non-hydrogen) atoms. The molecule has 0 saturated carbocycles. The summed E-state index contributed by atoms with van der Waals surface area (Å²) in [7, 11) is 1.64. The largest absolute Gasteiger partial charge is 0.467 e. The summed E-state index contributed by atoms with van der Waals surface area (Å²) in [6, 6.07) is 9.89. The van der Waals surface area contributed by atoms with Crippen LogP contribution in [0.15, 0.2) is 24.3 Å². The number of methoxy groups -OCH3 is 1. The minimum atomic E-state index is 0.501. The fourth-order valence-corrected chi connectivity index (χ4v) is 4.06. The maximum atomic E-state index is 5.26. The lowest BCUT2D eigenvalue weighted by Gasteiger charge is -2.40. The van der Waals surface area contributed by atoms with E-state index in [2.05, 4.69) is 46.1 Å². The van der Waals surface area contributed by atoms with Crippen LogP contribution in [0.4, 0.5) is 5.69 Å². The molecule has 2 aliphatic rings. The molecule has 1 aromatic heterocycles. The number of aromatic nitrogens is 2. The highest BCUT2D eigenvalue weighted by Crippen LogP contribution is 2.33. The first-order chi connectivity index (χ1) is 11.3. The van der Waals surface area contributed by atoms with Gasteiger partial charge in [-0.1, -0.05) is 18.2 Å². The molecule has 1 atom stereocenters. The molecule has 4 nitrogen and oxygen atoms in total. The first kappa shape index (κ1) is 14.5. The number of hydrogen-bond donors (Lipinski definition) is 0. The van der Waals surface area contributed by atoms with Crippen LogP contribution < -0.4 is 9.64 Å². The zero-order chi connectivity index (χ0) is 15.8. The topological polar surface area (TPSA) is 38.3 Å². The van der Waals surface area contributed by atoms with Crippen molar-refractivity contribution in [3.05, 3.63) is 46.8 Å². The summed E-state index contributed by atoms with van der Waals surface area (Å²) in [5.41, 5.74) is 6.48. The van der Waals surface area contributed by atoms with Crippen molar-refractivity contribution in [3.63, 3.8) is 0 Å². The molecule has 2 aromatic rings. The zero-order valence-electron chi connectivity index (χ0n) is 13.9. The van der Waals surface area contributed by atoms with E-state index in [1.807, 2.05) is 0 Å².